The van der Waals surface area contributed by atoms with Crippen molar-refractivity contribution in [1.29, 1.82) is 0 Å². The average Bonchev–Trinajstić information content (AvgIpc) is 2.10. The number of anilines is 1. The molecule has 0 saturated heterocycles. The Hall–Kier alpha value is 0.0900. The number of nitrogens with one attached hydrogen (secondary N) is 1. The molecule has 1 rings (SSSR count). The minimum Gasteiger partial charge on any atom is -0.323 e. The number of amides is 1. The third-order valence-corrected chi connectivity index (χ3v) is 3.17. The molecule has 1 aromatic carbocycles. The van der Waals surface area contributed by atoms with E-state index in [0.717, 1.165) is 13.4 Å². The van der Waals surface area contributed by atoms with Crippen LogP contribution in [0.4, 0.5) is 5.69 Å². The molecule has 76 valence electrons. The number of hydrogen-bond acceptors (Lipinski definition) is 2. The summed E-state index contributed by atoms with van der Waals surface area (Å²) in [6.07, 6.45) is 0. The Balaban J connectivity index is 3.02. The second-order valence-electron chi connectivity index (χ2n) is 2.50. The fourth-order valence-corrected chi connectivity index (χ4v) is 3.31. The molecular weight excluding hydrogens is 380 g/mol. The van der Waals surface area contributed by atoms with Crippen LogP contribution in [0, 0.1) is 0 Å². The van der Waals surface area contributed by atoms with Gasteiger partial charge in [-0.05, 0) is 44.0 Å². The lowest BCUT2D eigenvalue weighted by Crippen LogP contribution is -2.22. The fourth-order valence-electron chi connectivity index (χ4n) is 0.852. The molecule has 0 saturated carbocycles. The summed E-state index contributed by atoms with van der Waals surface area (Å²) in [6, 6.07) is 3.69. The summed E-state index contributed by atoms with van der Waals surface area (Å²) in [4.78, 5) is 11.1. The van der Waals surface area contributed by atoms with E-state index >= 15 is 0 Å². The van der Waals surface area contributed by atoms with Gasteiger partial charge in [-0.3, -0.25) is 4.79 Å². The number of benzene rings is 1. The largest absolute Gasteiger partial charge is 0.323 e. The van der Waals surface area contributed by atoms with Crippen molar-refractivity contribution in [3.63, 3.8) is 0 Å². The van der Waals surface area contributed by atoms with E-state index in [1.165, 1.54) is 0 Å². The summed E-state index contributed by atoms with van der Waals surface area (Å²) in [6.45, 7) is -0.0328. The van der Waals surface area contributed by atoms with Gasteiger partial charge in [0.2, 0.25) is 5.91 Å². The Morgan fingerprint density at radius 1 is 1.29 bits per heavy atom. The number of nitrogens with two attached hydrogens (primary N) is 1. The first-order valence-electron chi connectivity index (χ1n) is 3.69. The highest BCUT2D eigenvalue weighted by molar-refractivity contribution is 9.11. The van der Waals surface area contributed by atoms with Crippen LogP contribution < -0.4 is 11.1 Å². The van der Waals surface area contributed by atoms with E-state index < -0.39 is 0 Å². The normalized spacial score (nSPS) is 10.0. The maximum Gasteiger partial charge on any atom is 0.238 e. The standard InChI is InChI=1S/C8H7Br3N2O/c9-4-1-5(10)8(6(11)2-4)13-7(14)3-12/h1-2H,3,12H2,(H,13,14). The highest BCUT2D eigenvalue weighted by atomic mass is 79.9. The van der Waals surface area contributed by atoms with E-state index in [-0.39, 0.29) is 12.5 Å². The van der Waals surface area contributed by atoms with Gasteiger partial charge in [0, 0.05) is 13.4 Å². The van der Waals surface area contributed by atoms with Gasteiger partial charge in [-0.15, -0.1) is 0 Å². The van der Waals surface area contributed by atoms with Gasteiger partial charge in [0.05, 0.1) is 12.2 Å². The second kappa shape index (κ2) is 5.25. The van der Waals surface area contributed by atoms with Gasteiger partial charge >= 0.3 is 0 Å². The van der Waals surface area contributed by atoms with Gasteiger partial charge < -0.3 is 11.1 Å². The second-order valence-corrected chi connectivity index (χ2v) is 5.12. The van der Waals surface area contributed by atoms with Crippen LogP contribution in [-0.4, -0.2) is 12.5 Å². The van der Waals surface area contributed by atoms with Gasteiger partial charge in [0.15, 0.2) is 0 Å². The monoisotopic (exact) mass is 384 g/mol. The van der Waals surface area contributed by atoms with Crippen LogP contribution in [-0.2, 0) is 4.79 Å². The zero-order valence-electron chi connectivity index (χ0n) is 6.98. The Labute approximate surface area is 107 Å². The number of halogens is 3. The van der Waals surface area contributed by atoms with Crippen molar-refractivity contribution in [1.82, 2.24) is 0 Å². The molecule has 3 nitrogen and oxygen atoms in total. The van der Waals surface area contributed by atoms with E-state index in [0.29, 0.717) is 5.69 Å². The summed E-state index contributed by atoms with van der Waals surface area (Å²) in [5.41, 5.74) is 5.88. The highest BCUT2D eigenvalue weighted by Gasteiger charge is 2.08. The summed E-state index contributed by atoms with van der Waals surface area (Å²) >= 11 is 10.0. The SMILES string of the molecule is NCC(=O)Nc1c(Br)cc(Br)cc1Br. The van der Waals surface area contributed by atoms with Crippen molar-refractivity contribution < 1.29 is 4.79 Å². The highest BCUT2D eigenvalue weighted by Crippen LogP contribution is 2.34. The van der Waals surface area contributed by atoms with Gasteiger partial charge in [-0.25, -0.2) is 0 Å². The zero-order valence-corrected chi connectivity index (χ0v) is 11.7. The summed E-state index contributed by atoms with van der Waals surface area (Å²) in [7, 11) is 0. The zero-order chi connectivity index (χ0) is 10.7. The molecule has 0 spiro atoms. The lowest BCUT2D eigenvalue weighted by atomic mass is 10.3. The molecule has 0 radical (unpaired) electrons. The molecule has 0 aliphatic carbocycles. The minimum absolute atomic E-state index is 0.0328. The first kappa shape index (κ1) is 12.2. The minimum atomic E-state index is -0.228. The lowest BCUT2D eigenvalue weighted by Gasteiger charge is -2.09. The van der Waals surface area contributed by atoms with Crippen LogP contribution >= 0.6 is 47.8 Å². The molecule has 0 aromatic heterocycles. The topological polar surface area (TPSA) is 55.1 Å². The average molecular weight is 387 g/mol. The lowest BCUT2D eigenvalue weighted by molar-refractivity contribution is -0.114. The van der Waals surface area contributed by atoms with Crippen molar-refractivity contribution in [2.45, 2.75) is 0 Å². The van der Waals surface area contributed by atoms with Crippen molar-refractivity contribution >= 4 is 59.4 Å². The van der Waals surface area contributed by atoms with Crippen LogP contribution in [0.25, 0.3) is 0 Å². The van der Waals surface area contributed by atoms with Crippen LogP contribution in [0.1, 0.15) is 0 Å². The molecule has 0 atom stereocenters. The van der Waals surface area contributed by atoms with Crippen molar-refractivity contribution in [3.8, 4) is 0 Å². The van der Waals surface area contributed by atoms with Gasteiger partial charge in [-0.2, -0.15) is 0 Å². The fraction of sp³-hybridized carbons (Fsp3) is 0.125. The molecule has 0 bridgehead atoms. The van der Waals surface area contributed by atoms with Crippen LogP contribution in [0.2, 0.25) is 0 Å². The van der Waals surface area contributed by atoms with Crippen LogP contribution in [0.15, 0.2) is 25.6 Å². The molecule has 0 fully saturated rings. The molecule has 0 aliphatic rings. The molecule has 0 aliphatic heterocycles. The molecule has 1 aromatic rings. The Bertz CT molecular complexity index is 345. The van der Waals surface area contributed by atoms with Crippen LogP contribution in [0.3, 0.4) is 0 Å². The summed E-state index contributed by atoms with van der Waals surface area (Å²) in [5, 5.41) is 2.68. The maximum absolute atomic E-state index is 11.1. The Kier molecular flexibility index (Phi) is 4.56. The van der Waals surface area contributed by atoms with E-state index in [4.69, 9.17) is 5.73 Å². The van der Waals surface area contributed by atoms with Gasteiger partial charge in [-0.1, -0.05) is 15.9 Å². The van der Waals surface area contributed by atoms with Crippen molar-refractivity contribution in [2.24, 2.45) is 5.73 Å². The molecule has 1 amide bonds. The third-order valence-electron chi connectivity index (χ3n) is 1.46. The quantitative estimate of drug-likeness (QED) is 0.821. The molecule has 14 heavy (non-hydrogen) atoms. The predicted octanol–water partition coefficient (Wildman–Crippen LogP) is 2.87. The van der Waals surface area contributed by atoms with Crippen molar-refractivity contribution in [2.75, 3.05) is 11.9 Å². The molecule has 0 unspecified atom stereocenters. The van der Waals surface area contributed by atoms with Crippen molar-refractivity contribution in [3.05, 3.63) is 25.6 Å². The van der Waals surface area contributed by atoms with Gasteiger partial charge in [0.1, 0.15) is 0 Å². The first-order chi connectivity index (χ1) is 6.54. The van der Waals surface area contributed by atoms with E-state index in [9.17, 15) is 4.79 Å². The van der Waals surface area contributed by atoms with Gasteiger partial charge in [0.25, 0.3) is 0 Å². The van der Waals surface area contributed by atoms with E-state index in [2.05, 4.69) is 53.1 Å². The molecule has 6 heteroatoms. The summed E-state index contributed by atoms with van der Waals surface area (Å²) < 4.78 is 2.50. The third kappa shape index (κ3) is 3.05. The number of carbonyl (C=O) groups excluding carboxylic acids is 1. The number of carbonyl (C=O) groups is 1. The Morgan fingerprint density at radius 2 is 1.79 bits per heavy atom. The first-order valence-corrected chi connectivity index (χ1v) is 6.07. The molecule has 3 N–H and O–H groups in total. The molecule has 0 heterocycles. The Morgan fingerprint density at radius 3 is 2.21 bits per heavy atom. The number of hydrogen-bond donors (Lipinski definition) is 2. The maximum atomic E-state index is 11.1. The number of rotatable bonds is 2. The predicted molar refractivity (Wildman–Crippen MR) is 67.2 cm³/mol. The molecular formula is C8H7Br3N2O. The van der Waals surface area contributed by atoms with E-state index in [1.54, 1.807) is 0 Å². The smallest absolute Gasteiger partial charge is 0.238 e. The van der Waals surface area contributed by atoms with Crippen LogP contribution in [0.5, 0.6) is 0 Å². The summed E-state index contributed by atoms with van der Waals surface area (Å²) in [5.74, 6) is -0.228. The van der Waals surface area contributed by atoms with E-state index in [1.807, 2.05) is 12.1 Å².